The van der Waals surface area contributed by atoms with Crippen LogP contribution in [-0.2, 0) is 11.2 Å². The third-order valence-electron chi connectivity index (χ3n) is 8.03. The van der Waals surface area contributed by atoms with Gasteiger partial charge in [0.1, 0.15) is 0 Å². The highest BCUT2D eigenvalue weighted by atomic mass is 16.5. The second-order valence-electron chi connectivity index (χ2n) is 10.5. The van der Waals surface area contributed by atoms with Gasteiger partial charge in [0.15, 0.2) is 0 Å². The molecule has 0 aromatic carbocycles. The number of carbonyl (C=O) groups excluding carboxylic acids is 1. The summed E-state index contributed by atoms with van der Waals surface area (Å²) in [5.41, 5.74) is 14.2. The lowest BCUT2D eigenvalue weighted by Gasteiger charge is -2.39. The zero-order valence-corrected chi connectivity index (χ0v) is 20.0. The zero-order chi connectivity index (χ0) is 24.1. The lowest BCUT2D eigenvalue weighted by molar-refractivity contribution is 0.0647. The molecular formula is C24H33N7O3. The van der Waals surface area contributed by atoms with Crippen LogP contribution in [0.5, 0.6) is 0 Å². The molecule has 1 saturated carbocycles. The largest absolute Gasteiger partial charge is 0.421 e. The van der Waals surface area contributed by atoms with Gasteiger partial charge in [-0.1, -0.05) is 13.8 Å². The van der Waals surface area contributed by atoms with Crippen molar-refractivity contribution < 1.29 is 13.9 Å². The van der Waals surface area contributed by atoms with Crippen LogP contribution in [-0.4, -0.2) is 50.5 Å². The van der Waals surface area contributed by atoms with Crippen LogP contribution in [0.15, 0.2) is 22.9 Å². The Bertz CT molecular complexity index is 1210. The second-order valence-corrected chi connectivity index (χ2v) is 10.5. The summed E-state index contributed by atoms with van der Waals surface area (Å²) in [5.74, 6) is 1.00. The number of amides is 1. The molecule has 0 radical (unpaired) electrons. The number of anilines is 1. The molecule has 1 amide bonds. The van der Waals surface area contributed by atoms with E-state index in [1.54, 1.807) is 4.52 Å². The number of rotatable bonds is 6. The van der Waals surface area contributed by atoms with E-state index in [-0.39, 0.29) is 17.0 Å². The number of nitrogens with two attached hydrogens (primary N) is 2. The van der Waals surface area contributed by atoms with Crippen LogP contribution in [0.4, 0.5) is 5.69 Å². The van der Waals surface area contributed by atoms with Crippen molar-refractivity contribution in [2.45, 2.75) is 64.5 Å². The van der Waals surface area contributed by atoms with Crippen molar-refractivity contribution in [2.24, 2.45) is 22.8 Å². The topological polar surface area (TPSA) is 147 Å². The van der Waals surface area contributed by atoms with Crippen LogP contribution in [0.3, 0.4) is 0 Å². The number of primary amides is 1. The predicted molar refractivity (Wildman–Crippen MR) is 127 cm³/mol. The van der Waals surface area contributed by atoms with Crippen LogP contribution < -0.4 is 16.8 Å². The molecule has 0 unspecified atom stereocenters. The van der Waals surface area contributed by atoms with Gasteiger partial charge in [-0.15, -0.1) is 10.2 Å². The summed E-state index contributed by atoms with van der Waals surface area (Å²) in [4.78, 5) is 12.3. The average molecular weight is 468 g/mol. The molecule has 1 aliphatic heterocycles. The molecule has 3 aromatic heterocycles. The van der Waals surface area contributed by atoms with Crippen molar-refractivity contribution >= 4 is 17.1 Å². The average Bonchev–Trinajstić information content (AvgIpc) is 3.47. The Morgan fingerprint density at radius 2 is 2.00 bits per heavy atom. The molecule has 182 valence electrons. The summed E-state index contributed by atoms with van der Waals surface area (Å²) in [7, 11) is 0. The normalized spacial score (nSPS) is 25.1. The van der Waals surface area contributed by atoms with Gasteiger partial charge in [-0.05, 0) is 44.6 Å². The Morgan fingerprint density at radius 1 is 1.24 bits per heavy atom. The summed E-state index contributed by atoms with van der Waals surface area (Å²) >= 11 is 0. The molecule has 0 bridgehead atoms. The Balaban J connectivity index is 1.47. The van der Waals surface area contributed by atoms with Gasteiger partial charge in [0.2, 0.25) is 11.8 Å². The molecule has 2 aliphatic rings. The van der Waals surface area contributed by atoms with Gasteiger partial charge < -0.3 is 25.9 Å². The molecular weight excluding hydrogens is 434 g/mol. The summed E-state index contributed by atoms with van der Waals surface area (Å²) in [6, 6.07) is 1.97. The summed E-state index contributed by atoms with van der Waals surface area (Å²) < 4.78 is 13.1. The maximum Gasteiger partial charge on any atom is 0.252 e. The smallest absolute Gasteiger partial charge is 0.252 e. The molecule has 2 atom stereocenters. The molecule has 2 fully saturated rings. The van der Waals surface area contributed by atoms with E-state index in [2.05, 4.69) is 41.4 Å². The molecule has 1 aliphatic carbocycles. The second kappa shape index (κ2) is 8.35. The molecule has 3 aromatic rings. The monoisotopic (exact) mass is 467 g/mol. The first-order valence-electron chi connectivity index (χ1n) is 11.9. The SMILES string of the molecule is CC1(C)[C@H](Nc2c(C(N)=O)cnn3cc(-c4nnc(CC5CCOCC5)o4)cc23)CC[C@]1(C)N. The van der Waals surface area contributed by atoms with Crippen molar-refractivity contribution in [2.75, 3.05) is 18.5 Å². The number of hydrogen-bond donors (Lipinski definition) is 3. The van der Waals surface area contributed by atoms with Crippen LogP contribution in [0.1, 0.15) is 62.7 Å². The number of aromatic nitrogens is 4. The van der Waals surface area contributed by atoms with Crippen LogP contribution in [0.25, 0.3) is 17.0 Å². The lowest BCUT2D eigenvalue weighted by Crippen LogP contribution is -2.51. The first kappa shape index (κ1) is 22.8. The van der Waals surface area contributed by atoms with Crippen LogP contribution in [0, 0.1) is 11.3 Å². The molecule has 5 rings (SSSR count). The van der Waals surface area contributed by atoms with E-state index in [1.807, 2.05) is 12.3 Å². The van der Waals surface area contributed by atoms with E-state index in [0.717, 1.165) is 56.4 Å². The van der Waals surface area contributed by atoms with Crippen molar-refractivity contribution in [1.82, 2.24) is 19.8 Å². The quantitative estimate of drug-likeness (QED) is 0.501. The van der Waals surface area contributed by atoms with E-state index in [1.165, 1.54) is 6.20 Å². The molecule has 4 heterocycles. The highest BCUT2D eigenvalue weighted by Gasteiger charge is 2.49. The zero-order valence-electron chi connectivity index (χ0n) is 20.0. The molecule has 10 heteroatoms. The van der Waals surface area contributed by atoms with Crippen molar-refractivity contribution in [3.8, 4) is 11.5 Å². The third-order valence-corrected chi connectivity index (χ3v) is 8.03. The maximum absolute atomic E-state index is 12.3. The fraction of sp³-hybridized carbons (Fsp3) is 0.583. The Kier molecular flexibility index (Phi) is 5.60. The minimum Gasteiger partial charge on any atom is -0.421 e. The van der Waals surface area contributed by atoms with Gasteiger partial charge in [-0.25, -0.2) is 4.52 Å². The minimum absolute atomic E-state index is 0.0691. The summed E-state index contributed by atoms with van der Waals surface area (Å²) in [5, 5.41) is 16.5. The van der Waals surface area contributed by atoms with Gasteiger partial charge in [-0.2, -0.15) is 5.10 Å². The lowest BCUT2D eigenvalue weighted by atomic mass is 9.75. The molecule has 0 spiro atoms. The number of carbonyl (C=O) groups is 1. The van der Waals surface area contributed by atoms with E-state index in [9.17, 15) is 4.79 Å². The van der Waals surface area contributed by atoms with Gasteiger partial charge in [-0.3, -0.25) is 4.79 Å². The maximum atomic E-state index is 12.3. The molecule has 5 N–H and O–H groups in total. The van der Waals surface area contributed by atoms with Gasteiger partial charge >= 0.3 is 0 Å². The third kappa shape index (κ3) is 3.94. The number of ether oxygens (including phenoxy) is 1. The Hall–Kier alpha value is -2.98. The Morgan fingerprint density at radius 3 is 2.68 bits per heavy atom. The van der Waals surface area contributed by atoms with E-state index < -0.39 is 5.91 Å². The number of nitrogens with one attached hydrogen (secondary N) is 1. The molecule has 34 heavy (non-hydrogen) atoms. The van der Waals surface area contributed by atoms with Crippen LogP contribution >= 0.6 is 0 Å². The highest BCUT2D eigenvalue weighted by molar-refractivity contribution is 6.02. The van der Waals surface area contributed by atoms with Gasteiger partial charge in [0.25, 0.3) is 5.91 Å². The van der Waals surface area contributed by atoms with Crippen molar-refractivity contribution in [3.05, 3.63) is 29.9 Å². The summed E-state index contributed by atoms with van der Waals surface area (Å²) in [6.07, 6.45) is 7.84. The van der Waals surface area contributed by atoms with E-state index in [0.29, 0.717) is 29.0 Å². The first-order chi connectivity index (χ1) is 16.2. The van der Waals surface area contributed by atoms with E-state index in [4.69, 9.17) is 20.6 Å². The fourth-order valence-corrected chi connectivity index (χ4v) is 5.11. The fourth-order valence-electron chi connectivity index (χ4n) is 5.11. The highest BCUT2D eigenvalue weighted by Crippen LogP contribution is 2.46. The number of fused-ring (bicyclic) bond motifs is 1. The van der Waals surface area contributed by atoms with Crippen molar-refractivity contribution in [3.63, 3.8) is 0 Å². The minimum atomic E-state index is -0.539. The Labute approximate surface area is 198 Å². The first-order valence-corrected chi connectivity index (χ1v) is 11.9. The predicted octanol–water partition coefficient (Wildman–Crippen LogP) is 2.77. The molecule has 10 nitrogen and oxygen atoms in total. The molecule has 1 saturated heterocycles. The summed E-state index contributed by atoms with van der Waals surface area (Å²) in [6.45, 7) is 7.95. The number of hydrogen-bond acceptors (Lipinski definition) is 8. The van der Waals surface area contributed by atoms with Gasteiger partial charge in [0.05, 0.1) is 28.5 Å². The van der Waals surface area contributed by atoms with E-state index >= 15 is 0 Å². The van der Waals surface area contributed by atoms with Crippen molar-refractivity contribution in [1.29, 1.82) is 0 Å². The standard InChI is InChI=1S/C24H33N7O3/c1-23(2)18(4-7-24(23,3)26)28-20-16(21(25)32)12-27-31-13-15(11-17(20)31)22-30-29-19(34-22)10-14-5-8-33-9-6-14/h11-14,18,28H,4-10,26H2,1-3H3,(H2,25,32)/t18-,24+/m1/s1. The number of nitrogens with zero attached hydrogens (tertiary/aromatic N) is 4. The van der Waals surface area contributed by atoms with Gasteiger partial charge in [0, 0.05) is 42.8 Å². The van der Waals surface area contributed by atoms with Crippen LogP contribution in [0.2, 0.25) is 0 Å².